The number of likely N-dealkylation sites (tertiary alicyclic amines) is 1. The van der Waals surface area contributed by atoms with Gasteiger partial charge in [0.1, 0.15) is 18.4 Å². The standard InChI is InChI=1S/C18H22N4O2/c23-18(11-24-17-5-4-14-2-1-3-15(14)10-17)21-8-6-16(7-9-21)22-13-19-12-20-22/h4-5,10,12-13,16H,1-3,6-9,11H2. The van der Waals surface area contributed by atoms with E-state index in [1.54, 1.807) is 12.7 Å². The number of rotatable bonds is 4. The van der Waals surface area contributed by atoms with Crippen molar-refractivity contribution in [2.45, 2.75) is 38.1 Å². The molecule has 2 aliphatic rings. The molecule has 1 aromatic carbocycles. The zero-order valence-corrected chi connectivity index (χ0v) is 13.7. The average molecular weight is 326 g/mol. The summed E-state index contributed by atoms with van der Waals surface area (Å²) >= 11 is 0. The van der Waals surface area contributed by atoms with Crippen LogP contribution in [0.5, 0.6) is 5.75 Å². The fraction of sp³-hybridized carbons (Fsp3) is 0.500. The molecule has 6 heteroatoms. The Kier molecular flexibility index (Phi) is 4.19. The Morgan fingerprint density at radius 2 is 2.04 bits per heavy atom. The molecule has 1 saturated heterocycles. The van der Waals surface area contributed by atoms with Crippen LogP contribution in [0, 0.1) is 0 Å². The molecule has 1 amide bonds. The zero-order chi connectivity index (χ0) is 16.4. The minimum absolute atomic E-state index is 0.0625. The van der Waals surface area contributed by atoms with Crippen LogP contribution in [0.4, 0.5) is 0 Å². The molecule has 126 valence electrons. The molecule has 0 unspecified atom stereocenters. The number of amides is 1. The number of carbonyl (C=O) groups excluding carboxylic acids is 1. The fourth-order valence-electron chi connectivity index (χ4n) is 3.66. The summed E-state index contributed by atoms with van der Waals surface area (Å²) in [6.45, 7) is 1.61. The first-order chi connectivity index (χ1) is 11.8. The SMILES string of the molecule is O=C(COc1ccc2c(c1)CCC2)N1CCC(n2cncn2)CC1. The van der Waals surface area contributed by atoms with Crippen molar-refractivity contribution in [1.82, 2.24) is 19.7 Å². The minimum Gasteiger partial charge on any atom is -0.484 e. The van der Waals surface area contributed by atoms with Crippen molar-refractivity contribution in [1.29, 1.82) is 0 Å². The topological polar surface area (TPSA) is 60.2 Å². The third-order valence-corrected chi connectivity index (χ3v) is 5.06. The molecule has 2 aromatic rings. The number of carbonyl (C=O) groups is 1. The summed E-state index contributed by atoms with van der Waals surface area (Å²) in [6, 6.07) is 6.54. The summed E-state index contributed by atoms with van der Waals surface area (Å²) in [5.74, 6) is 0.869. The highest BCUT2D eigenvalue weighted by molar-refractivity contribution is 5.77. The molecular weight excluding hydrogens is 304 g/mol. The molecule has 2 heterocycles. The molecule has 0 spiro atoms. The van der Waals surface area contributed by atoms with Gasteiger partial charge in [0.15, 0.2) is 6.61 Å². The van der Waals surface area contributed by atoms with Crippen molar-refractivity contribution in [3.63, 3.8) is 0 Å². The first kappa shape index (κ1) is 15.2. The maximum absolute atomic E-state index is 12.4. The van der Waals surface area contributed by atoms with Gasteiger partial charge in [0.25, 0.3) is 5.91 Å². The number of aryl methyl sites for hydroxylation is 2. The van der Waals surface area contributed by atoms with Crippen LogP contribution >= 0.6 is 0 Å². The molecule has 0 radical (unpaired) electrons. The van der Waals surface area contributed by atoms with Gasteiger partial charge in [-0.05, 0) is 55.4 Å². The number of hydrogen-bond acceptors (Lipinski definition) is 4. The molecule has 0 saturated carbocycles. The molecule has 24 heavy (non-hydrogen) atoms. The number of aromatic nitrogens is 3. The van der Waals surface area contributed by atoms with E-state index in [9.17, 15) is 4.79 Å². The van der Waals surface area contributed by atoms with E-state index in [2.05, 4.69) is 22.2 Å². The quantitative estimate of drug-likeness (QED) is 0.862. The smallest absolute Gasteiger partial charge is 0.260 e. The maximum atomic E-state index is 12.4. The number of fused-ring (bicyclic) bond motifs is 1. The Labute approximate surface area is 141 Å². The van der Waals surface area contributed by atoms with Crippen molar-refractivity contribution < 1.29 is 9.53 Å². The first-order valence-corrected chi connectivity index (χ1v) is 8.66. The van der Waals surface area contributed by atoms with E-state index in [4.69, 9.17) is 4.74 Å². The number of piperidine rings is 1. The monoisotopic (exact) mass is 326 g/mol. The summed E-state index contributed by atoms with van der Waals surface area (Å²) < 4.78 is 7.62. The second-order valence-electron chi connectivity index (χ2n) is 6.56. The molecule has 1 aliphatic heterocycles. The fourth-order valence-corrected chi connectivity index (χ4v) is 3.66. The van der Waals surface area contributed by atoms with E-state index < -0.39 is 0 Å². The summed E-state index contributed by atoms with van der Waals surface area (Å²) in [6.07, 6.45) is 8.63. The van der Waals surface area contributed by atoms with Crippen molar-refractivity contribution >= 4 is 5.91 Å². The average Bonchev–Trinajstić information content (AvgIpc) is 3.31. The summed E-state index contributed by atoms with van der Waals surface area (Å²) in [7, 11) is 0. The minimum atomic E-state index is 0.0625. The highest BCUT2D eigenvalue weighted by Gasteiger charge is 2.24. The molecule has 4 rings (SSSR count). The van der Waals surface area contributed by atoms with Gasteiger partial charge in [0.05, 0.1) is 6.04 Å². The van der Waals surface area contributed by atoms with E-state index in [0.717, 1.165) is 44.5 Å². The summed E-state index contributed by atoms with van der Waals surface area (Å²) in [5, 5.41) is 4.19. The normalized spacial score (nSPS) is 17.8. The molecule has 1 aliphatic carbocycles. The van der Waals surface area contributed by atoms with Gasteiger partial charge in [-0.3, -0.25) is 4.79 Å². The third kappa shape index (κ3) is 3.13. The molecule has 6 nitrogen and oxygen atoms in total. The second kappa shape index (κ2) is 6.63. The molecule has 0 bridgehead atoms. The molecule has 1 aromatic heterocycles. The Hall–Kier alpha value is -2.37. The Morgan fingerprint density at radius 1 is 1.21 bits per heavy atom. The highest BCUT2D eigenvalue weighted by Crippen LogP contribution is 2.26. The van der Waals surface area contributed by atoms with Gasteiger partial charge < -0.3 is 9.64 Å². The summed E-state index contributed by atoms with van der Waals surface area (Å²) in [4.78, 5) is 18.2. The largest absolute Gasteiger partial charge is 0.484 e. The highest BCUT2D eigenvalue weighted by atomic mass is 16.5. The van der Waals surface area contributed by atoms with E-state index in [1.165, 1.54) is 17.5 Å². The van der Waals surface area contributed by atoms with Gasteiger partial charge in [0, 0.05) is 13.1 Å². The van der Waals surface area contributed by atoms with Crippen molar-refractivity contribution in [3.8, 4) is 5.75 Å². The summed E-state index contributed by atoms with van der Waals surface area (Å²) in [5.41, 5.74) is 2.79. The van der Waals surface area contributed by atoms with Crippen LogP contribution in [-0.2, 0) is 17.6 Å². The number of nitrogens with zero attached hydrogens (tertiary/aromatic N) is 4. The number of ether oxygens (including phenoxy) is 1. The van der Waals surface area contributed by atoms with Crippen molar-refractivity contribution in [2.24, 2.45) is 0 Å². The van der Waals surface area contributed by atoms with Crippen LogP contribution in [0.3, 0.4) is 0 Å². The van der Waals surface area contributed by atoms with Crippen LogP contribution in [0.15, 0.2) is 30.9 Å². The van der Waals surface area contributed by atoms with E-state index in [1.807, 2.05) is 15.6 Å². The maximum Gasteiger partial charge on any atom is 0.260 e. The lowest BCUT2D eigenvalue weighted by Gasteiger charge is -2.31. The van der Waals surface area contributed by atoms with Crippen molar-refractivity contribution in [3.05, 3.63) is 42.0 Å². The Bertz CT molecular complexity index is 706. The van der Waals surface area contributed by atoms with E-state index >= 15 is 0 Å². The number of hydrogen-bond donors (Lipinski definition) is 0. The predicted octanol–water partition coefficient (Wildman–Crippen LogP) is 2.01. The van der Waals surface area contributed by atoms with Crippen LogP contribution in [0.2, 0.25) is 0 Å². The predicted molar refractivity (Wildman–Crippen MR) is 88.8 cm³/mol. The molecule has 0 N–H and O–H groups in total. The molecular formula is C18H22N4O2. The van der Waals surface area contributed by atoms with Crippen LogP contribution in [-0.4, -0.2) is 45.3 Å². The first-order valence-electron chi connectivity index (χ1n) is 8.66. The van der Waals surface area contributed by atoms with Crippen molar-refractivity contribution in [2.75, 3.05) is 19.7 Å². The van der Waals surface area contributed by atoms with Gasteiger partial charge in [-0.1, -0.05) is 6.07 Å². The third-order valence-electron chi connectivity index (χ3n) is 5.06. The molecule has 0 atom stereocenters. The lowest BCUT2D eigenvalue weighted by Crippen LogP contribution is -2.41. The van der Waals surface area contributed by atoms with Gasteiger partial charge in [0.2, 0.25) is 0 Å². The second-order valence-corrected chi connectivity index (χ2v) is 6.56. The molecule has 1 fully saturated rings. The van der Waals surface area contributed by atoms with Gasteiger partial charge in [-0.2, -0.15) is 5.10 Å². The zero-order valence-electron chi connectivity index (χ0n) is 13.7. The Morgan fingerprint density at radius 3 is 2.83 bits per heavy atom. The number of benzene rings is 1. The lowest BCUT2D eigenvalue weighted by molar-refractivity contribution is -0.134. The van der Waals surface area contributed by atoms with Crippen LogP contribution < -0.4 is 4.74 Å². The van der Waals surface area contributed by atoms with Crippen LogP contribution in [0.1, 0.15) is 36.4 Å². The van der Waals surface area contributed by atoms with Crippen LogP contribution in [0.25, 0.3) is 0 Å². The lowest BCUT2D eigenvalue weighted by atomic mass is 10.1. The van der Waals surface area contributed by atoms with E-state index in [0.29, 0.717) is 6.04 Å². The van der Waals surface area contributed by atoms with Gasteiger partial charge >= 0.3 is 0 Å². The van der Waals surface area contributed by atoms with E-state index in [-0.39, 0.29) is 12.5 Å². The van der Waals surface area contributed by atoms with Gasteiger partial charge in [-0.25, -0.2) is 9.67 Å². The Balaban J connectivity index is 1.28. The van der Waals surface area contributed by atoms with Gasteiger partial charge in [-0.15, -0.1) is 0 Å².